The Morgan fingerprint density at radius 3 is 2.65 bits per heavy atom. The van der Waals surface area contributed by atoms with Gasteiger partial charge in [-0.15, -0.1) is 0 Å². The number of benzene rings is 2. The summed E-state index contributed by atoms with van der Waals surface area (Å²) in [5.74, 6) is 0.996. The maximum atomic E-state index is 9.85. The van der Waals surface area contributed by atoms with Crippen LogP contribution < -0.4 is 15.4 Å². The highest BCUT2D eigenvalue weighted by molar-refractivity contribution is 6.42. The molecule has 0 bridgehead atoms. The van der Waals surface area contributed by atoms with Crippen LogP contribution in [0.25, 0.3) is 22.0 Å². The summed E-state index contributed by atoms with van der Waals surface area (Å²) in [5.41, 5.74) is 2.45. The minimum absolute atomic E-state index is 0.0489. The lowest BCUT2D eigenvalue weighted by Crippen LogP contribution is -2.42. The number of halogens is 2. The normalized spacial score (nSPS) is 17.7. The zero-order valence-corrected chi connectivity index (χ0v) is 23.0. The predicted octanol–water partition coefficient (Wildman–Crippen LogP) is 5.25. The minimum atomic E-state index is -0.489. The number of hydrogen-bond donors (Lipinski definition) is 4. The topological polar surface area (TPSA) is 116 Å². The van der Waals surface area contributed by atoms with Crippen LogP contribution in [-0.2, 0) is 4.74 Å². The van der Waals surface area contributed by atoms with Crippen LogP contribution in [0.1, 0.15) is 27.2 Å². The number of nitrogens with one attached hydrogen (secondary N) is 3. The number of amidine groups is 1. The maximum Gasteiger partial charge on any atom is 0.285 e. The molecule has 11 heteroatoms. The van der Waals surface area contributed by atoms with Gasteiger partial charge in [0.2, 0.25) is 5.95 Å². The fraction of sp³-hybridized carbons (Fsp3) is 0.423. The number of nitrogens with zero attached hydrogens (tertiary/aromatic N) is 3. The monoisotopic (exact) mass is 546 g/mol. The van der Waals surface area contributed by atoms with E-state index in [0.717, 1.165) is 16.5 Å². The van der Waals surface area contributed by atoms with E-state index in [1.807, 2.05) is 39.0 Å². The second-order valence-corrected chi connectivity index (χ2v) is 10.7. The molecule has 9 nitrogen and oxygen atoms in total. The van der Waals surface area contributed by atoms with E-state index in [0.29, 0.717) is 46.0 Å². The summed E-state index contributed by atoms with van der Waals surface area (Å²) in [6.45, 7) is 6.11. The zero-order valence-electron chi connectivity index (χ0n) is 21.5. The molecule has 0 aliphatic carbocycles. The smallest absolute Gasteiger partial charge is 0.285 e. The highest BCUT2D eigenvalue weighted by Crippen LogP contribution is 2.45. The van der Waals surface area contributed by atoms with Crippen LogP contribution in [0.2, 0.25) is 10.0 Å². The molecule has 2 atom stereocenters. The molecule has 3 aromatic rings. The molecule has 4 N–H and O–H groups in total. The summed E-state index contributed by atoms with van der Waals surface area (Å²) in [7, 11) is 3.35. The van der Waals surface area contributed by atoms with Crippen molar-refractivity contribution >= 4 is 51.8 Å². The van der Waals surface area contributed by atoms with Crippen LogP contribution in [0, 0.1) is 5.41 Å². The number of aliphatic hydroxyl groups excluding tert-OH is 1. The summed E-state index contributed by atoms with van der Waals surface area (Å²) >= 11 is 13.3. The van der Waals surface area contributed by atoms with Crippen LogP contribution in [0.4, 0.5) is 11.6 Å². The number of rotatable bonds is 6. The van der Waals surface area contributed by atoms with Gasteiger partial charge >= 0.3 is 0 Å². The minimum Gasteiger partial charge on any atom is -0.495 e. The van der Waals surface area contributed by atoms with Crippen LogP contribution in [0.5, 0.6) is 5.75 Å². The van der Waals surface area contributed by atoms with Gasteiger partial charge in [-0.3, -0.25) is 5.41 Å². The fourth-order valence-electron chi connectivity index (χ4n) is 4.43. The van der Waals surface area contributed by atoms with E-state index in [4.69, 9.17) is 38.1 Å². The van der Waals surface area contributed by atoms with Crippen LogP contribution >= 0.6 is 23.2 Å². The maximum absolute atomic E-state index is 9.85. The molecule has 37 heavy (non-hydrogen) atoms. The van der Waals surface area contributed by atoms with E-state index < -0.39 is 5.60 Å². The first-order valence-corrected chi connectivity index (χ1v) is 12.7. The summed E-state index contributed by atoms with van der Waals surface area (Å²) < 4.78 is 11.1. The standard InChI is InChI=1S/C26H32Cl2N6O3/c1-26(2,3)37-24(29)34-12-16(9-17(34)13-35)32-25-31-11-15-8-14(6-7-18(15)33-25)21-22(27)19(30-4)10-20(36-5)23(21)28/h6-8,10-11,16-17,29-30,35H,9,12-13H2,1-5H3,(H,31,32,33)/t16-,17-/m0/s1. The molecule has 4 rings (SSSR count). The van der Waals surface area contributed by atoms with Crippen molar-refractivity contribution in [2.75, 3.05) is 37.9 Å². The van der Waals surface area contributed by atoms with Gasteiger partial charge in [0, 0.05) is 42.8 Å². The summed E-state index contributed by atoms with van der Waals surface area (Å²) in [5, 5.41) is 26.3. The van der Waals surface area contributed by atoms with Crippen molar-refractivity contribution in [2.45, 2.75) is 44.9 Å². The van der Waals surface area contributed by atoms with Crippen molar-refractivity contribution in [1.82, 2.24) is 14.9 Å². The largest absolute Gasteiger partial charge is 0.495 e. The molecular weight excluding hydrogens is 515 g/mol. The van der Waals surface area contributed by atoms with E-state index in [9.17, 15) is 5.11 Å². The van der Waals surface area contributed by atoms with Gasteiger partial charge in [-0.25, -0.2) is 9.97 Å². The number of ether oxygens (including phenoxy) is 2. The van der Waals surface area contributed by atoms with Gasteiger partial charge in [0.15, 0.2) is 0 Å². The Labute approximate surface area is 226 Å². The molecule has 2 aromatic carbocycles. The van der Waals surface area contributed by atoms with Crippen molar-refractivity contribution in [2.24, 2.45) is 0 Å². The third-order valence-electron chi connectivity index (χ3n) is 6.15. The lowest BCUT2D eigenvalue weighted by molar-refractivity contribution is 0.0751. The first-order chi connectivity index (χ1) is 17.5. The Kier molecular flexibility index (Phi) is 7.87. The fourth-order valence-corrected chi connectivity index (χ4v) is 5.17. The Hall–Kier alpha value is -3.01. The Morgan fingerprint density at radius 2 is 2.00 bits per heavy atom. The Balaban J connectivity index is 1.56. The summed E-state index contributed by atoms with van der Waals surface area (Å²) in [6.07, 6.45) is 2.38. The van der Waals surface area contributed by atoms with Crippen LogP contribution in [0.3, 0.4) is 0 Å². The number of methoxy groups -OCH3 is 1. The Bertz CT molecular complexity index is 1290. The molecule has 1 aliphatic rings. The number of fused-ring (bicyclic) bond motifs is 1. The van der Waals surface area contributed by atoms with Gasteiger partial charge in [0.1, 0.15) is 11.4 Å². The van der Waals surface area contributed by atoms with Gasteiger partial charge in [-0.05, 0) is 44.9 Å². The van der Waals surface area contributed by atoms with Gasteiger partial charge in [-0.2, -0.15) is 0 Å². The number of aliphatic hydroxyl groups is 1. The summed E-state index contributed by atoms with van der Waals surface area (Å²) in [4.78, 5) is 11.0. The summed E-state index contributed by atoms with van der Waals surface area (Å²) in [6, 6.07) is 7.30. The highest BCUT2D eigenvalue weighted by Gasteiger charge is 2.35. The number of anilines is 2. The van der Waals surface area contributed by atoms with Gasteiger partial charge in [-0.1, -0.05) is 29.3 Å². The number of likely N-dealkylation sites (tertiary alicyclic amines) is 1. The number of hydrogen-bond acceptors (Lipinski definition) is 8. The molecule has 1 aliphatic heterocycles. The molecule has 1 saturated heterocycles. The lowest BCUT2D eigenvalue weighted by atomic mass is 10.0. The molecule has 0 spiro atoms. The molecule has 1 fully saturated rings. The average molecular weight is 547 g/mol. The van der Waals surface area contributed by atoms with Crippen molar-refractivity contribution in [3.8, 4) is 16.9 Å². The lowest BCUT2D eigenvalue weighted by Gasteiger charge is -2.30. The first-order valence-electron chi connectivity index (χ1n) is 12.0. The van der Waals surface area contributed by atoms with E-state index in [2.05, 4.69) is 20.6 Å². The SMILES string of the molecule is CNc1cc(OC)c(Cl)c(-c2ccc3nc(N[C@H]4C[C@@H](CO)N(C(=N)OC(C)(C)C)C4)ncc3c2)c1Cl. The molecular formula is C26H32Cl2N6O3. The van der Waals surface area contributed by atoms with Crippen molar-refractivity contribution < 1.29 is 14.6 Å². The second kappa shape index (κ2) is 10.8. The third kappa shape index (κ3) is 5.79. The van der Waals surface area contributed by atoms with Crippen molar-refractivity contribution in [1.29, 1.82) is 5.41 Å². The van der Waals surface area contributed by atoms with Crippen molar-refractivity contribution in [3.05, 3.63) is 40.5 Å². The molecule has 1 aromatic heterocycles. The van der Waals surface area contributed by atoms with Crippen molar-refractivity contribution in [3.63, 3.8) is 0 Å². The molecule has 2 heterocycles. The van der Waals surface area contributed by atoms with Crippen LogP contribution in [0.15, 0.2) is 30.5 Å². The second-order valence-electron chi connectivity index (χ2n) is 9.93. The molecule has 0 saturated carbocycles. The molecule has 0 radical (unpaired) electrons. The average Bonchev–Trinajstić information content (AvgIpc) is 3.26. The quantitative estimate of drug-likeness (QED) is 0.244. The molecule has 0 unspecified atom stereocenters. The highest BCUT2D eigenvalue weighted by atomic mass is 35.5. The van der Waals surface area contributed by atoms with Gasteiger partial charge < -0.3 is 30.1 Å². The predicted molar refractivity (Wildman–Crippen MR) is 149 cm³/mol. The van der Waals surface area contributed by atoms with Gasteiger partial charge in [0.05, 0.1) is 41.0 Å². The van der Waals surface area contributed by atoms with E-state index in [1.54, 1.807) is 31.3 Å². The Morgan fingerprint density at radius 1 is 1.24 bits per heavy atom. The zero-order chi connectivity index (χ0) is 26.9. The molecule has 198 valence electrons. The van der Waals surface area contributed by atoms with E-state index >= 15 is 0 Å². The number of aromatic nitrogens is 2. The van der Waals surface area contributed by atoms with Gasteiger partial charge in [0.25, 0.3) is 6.02 Å². The first kappa shape index (κ1) is 27.0. The van der Waals surface area contributed by atoms with E-state index in [1.165, 1.54) is 0 Å². The van der Waals surface area contributed by atoms with Crippen LogP contribution in [-0.4, -0.2) is 71.0 Å². The molecule has 0 amide bonds. The third-order valence-corrected chi connectivity index (χ3v) is 6.91. The van der Waals surface area contributed by atoms with E-state index in [-0.39, 0.29) is 24.7 Å².